The molecular formula is C19H24N6O3. The number of methoxy groups -OCH3 is 1. The normalized spacial score (nSPS) is 24.0. The summed E-state index contributed by atoms with van der Waals surface area (Å²) >= 11 is 0. The van der Waals surface area contributed by atoms with E-state index in [1.54, 1.807) is 14.0 Å². The number of imide groups is 1. The Balaban J connectivity index is 1.53. The molecule has 4 rings (SSSR count). The predicted molar refractivity (Wildman–Crippen MR) is 99.5 cm³/mol. The number of nitrogens with one attached hydrogen (secondary N) is 1. The molecule has 9 heteroatoms. The van der Waals surface area contributed by atoms with Crippen molar-refractivity contribution >= 4 is 11.9 Å². The number of amides is 3. The van der Waals surface area contributed by atoms with Gasteiger partial charge < -0.3 is 10.1 Å². The number of rotatable bonds is 6. The smallest absolute Gasteiger partial charge is 0.325 e. The molecule has 2 atom stereocenters. The number of hydrogen-bond donors (Lipinski definition) is 1. The Hall–Kier alpha value is -2.81. The third-order valence-electron chi connectivity index (χ3n) is 5.92. The highest BCUT2D eigenvalue weighted by molar-refractivity contribution is 6.07. The maximum absolute atomic E-state index is 13.2. The lowest BCUT2D eigenvalue weighted by atomic mass is 9.91. The Bertz CT molecular complexity index is 847. The van der Waals surface area contributed by atoms with Gasteiger partial charge >= 0.3 is 6.03 Å². The first-order valence-electron chi connectivity index (χ1n) is 9.54. The summed E-state index contributed by atoms with van der Waals surface area (Å²) in [6.07, 6.45) is 5.89. The molecule has 2 aromatic rings. The average molecular weight is 384 g/mol. The molecule has 1 aromatic carbocycles. The Labute approximate surface area is 163 Å². The minimum Gasteiger partial charge on any atom is -0.379 e. The average Bonchev–Trinajstić information content (AvgIpc) is 3.45. The van der Waals surface area contributed by atoms with Gasteiger partial charge in [0, 0.05) is 7.11 Å². The van der Waals surface area contributed by atoms with E-state index >= 15 is 0 Å². The van der Waals surface area contributed by atoms with Gasteiger partial charge in [0.1, 0.15) is 11.9 Å². The molecule has 0 spiro atoms. The molecule has 1 aromatic heterocycles. The van der Waals surface area contributed by atoms with Crippen LogP contribution in [0.15, 0.2) is 30.6 Å². The number of benzene rings is 1. The lowest BCUT2D eigenvalue weighted by molar-refractivity contribution is -0.132. The monoisotopic (exact) mass is 384 g/mol. The summed E-state index contributed by atoms with van der Waals surface area (Å²) in [4.78, 5) is 27.1. The van der Waals surface area contributed by atoms with Crippen LogP contribution in [0, 0.1) is 5.92 Å². The Morgan fingerprint density at radius 1 is 1.25 bits per heavy atom. The van der Waals surface area contributed by atoms with E-state index in [0.29, 0.717) is 11.5 Å². The molecule has 0 bridgehead atoms. The summed E-state index contributed by atoms with van der Waals surface area (Å²) in [5.74, 6) is 0.140. The lowest BCUT2D eigenvalue weighted by Crippen LogP contribution is -2.43. The van der Waals surface area contributed by atoms with Crippen molar-refractivity contribution in [1.82, 2.24) is 30.4 Å². The lowest BCUT2D eigenvalue weighted by Gasteiger charge is -2.27. The first-order valence-corrected chi connectivity index (χ1v) is 9.54. The van der Waals surface area contributed by atoms with E-state index in [4.69, 9.17) is 4.74 Å². The van der Waals surface area contributed by atoms with Crippen LogP contribution in [0.4, 0.5) is 4.79 Å². The fourth-order valence-corrected chi connectivity index (χ4v) is 4.21. The van der Waals surface area contributed by atoms with Gasteiger partial charge in [-0.25, -0.2) is 9.48 Å². The van der Waals surface area contributed by atoms with Gasteiger partial charge in [0.25, 0.3) is 5.91 Å². The van der Waals surface area contributed by atoms with E-state index in [1.807, 2.05) is 24.3 Å². The molecule has 1 aliphatic carbocycles. The Morgan fingerprint density at radius 3 is 2.57 bits per heavy atom. The number of hydrogen-bond acceptors (Lipinski definition) is 6. The zero-order valence-electron chi connectivity index (χ0n) is 16.0. The maximum atomic E-state index is 13.2. The van der Waals surface area contributed by atoms with Gasteiger partial charge in [-0.3, -0.25) is 9.69 Å². The molecule has 148 valence electrons. The number of ether oxygens (including phenoxy) is 1. The third-order valence-corrected chi connectivity index (χ3v) is 5.92. The predicted octanol–water partition coefficient (Wildman–Crippen LogP) is 1.63. The van der Waals surface area contributed by atoms with Gasteiger partial charge in [-0.2, -0.15) is 0 Å². The summed E-state index contributed by atoms with van der Waals surface area (Å²) < 4.78 is 7.15. The Morgan fingerprint density at radius 2 is 1.96 bits per heavy atom. The fraction of sp³-hybridized carbons (Fsp3) is 0.526. The van der Waals surface area contributed by atoms with Crippen LogP contribution in [0.25, 0.3) is 5.69 Å². The van der Waals surface area contributed by atoms with Crippen LogP contribution in [0.2, 0.25) is 0 Å². The number of carbonyl (C=O) groups is 2. The van der Waals surface area contributed by atoms with Crippen LogP contribution >= 0.6 is 0 Å². The molecule has 1 saturated heterocycles. The molecule has 2 fully saturated rings. The van der Waals surface area contributed by atoms with Crippen molar-refractivity contribution in [3.63, 3.8) is 0 Å². The van der Waals surface area contributed by atoms with Gasteiger partial charge in [0.15, 0.2) is 0 Å². The highest BCUT2D eigenvalue weighted by Gasteiger charge is 2.49. The molecule has 2 aliphatic rings. The van der Waals surface area contributed by atoms with E-state index in [0.717, 1.165) is 18.5 Å². The Kier molecular flexibility index (Phi) is 4.84. The number of carbonyl (C=O) groups excluding carboxylic acids is 2. The number of nitrogens with zero attached hydrogens (tertiary/aromatic N) is 5. The van der Waals surface area contributed by atoms with Gasteiger partial charge in [0.2, 0.25) is 0 Å². The van der Waals surface area contributed by atoms with Crippen LogP contribution in [-0.2, 0) is 15.1 Å². The first-order chi connectivity index (χ1) is 13.5. The highest BCUT2D eigenvalue weighted by Crippen LogP contribution is 2.33. The molecule has 1 saturated carbocycles. The minimum absolute atomic E-state index is 0.123. The molecule has 1 N–H and O–H groups in total. The van der Waals surface area contributed by atoms with E-state index in [-0.39, 0.29) is 24.6 Å². The maximum Gasteiger partial charge on any atom is 0.325 e. The second-order valence-corrected chi connectivity index (χ2v) is 7.59. The van der Waals surface area contributed by atoms with Gasteiger partial charge in [-0.05, 0) is 53.8 Å². The molecule has 2 unspecified atom stereocenters. The van der Waals surface area contributed by atoms with E-state index in [9.17, 15) is 9.59 Å². The molecular weight excluding hydrogens is 360 g/mol. The van der Waals surface area contributed by atoms with E-state index in [1.165, 1.54) is 28.8 Å². The van der Waals surface area contributed by atoms with Crippen LogP contribution in [-0.4, -0.2) is 56.8 Å². The van der Waals surface area contributed by atoms with Crippen molar-refractivity contribution in [3.05, 3.63) is 36.2 Å². The van der Waals surface area contributed by atoms with E-state index in [2.05, 4.69) is 20.8 Å². The second kappa shape index (κ2) is 7.31. The molecule has 1 aliphatic heterocycles. The zero-order chi connectivity index (χ0) is 19.7. The summed E-state index contributed by atoms with van der Waals surface area (Å²) in [6.45, 7) is 2.01. The summed E-state index contributed by atoms with van der Waals surface area (Å²) in [5, 5.41) is 13.9. The highest BCUT2D eigenvalue weighted by atomic mass is 16.5. The van der Waals surface area contributed by atoms with Crippen LogP contribution in [0.5, 0.6) is 0 Å². The van der Waals surface area contributed by atoms with Gasteiger partial charge in [0.05, 0.1) is 18.3 Å². The van der Waals surface area contributed by atoms with Crippen molar-refractivity contribution in [1.29, 1.82) is 0 Å². The van der Waals surface area contributed by atoms with Crippen molar-refractivity contribution in [2.45, 2.75) is 44.2 Å². The SMILES string of the molecule is COC(CN1C(=O)NC(C)(c2ccc(-n3cnnn3)cc2)C1=O)C1CCCC1. The molecule has 2 heterocycles. The summed E-state index contributed by atoms with van der Waals surface area (Å²) in [6, 6.07) is 6.87. The fourth-order valence-electron chi connectivity index (χ4n) is 4.21. The molecule has 0 radical (unpaired) electrons. The summed E-state index contributed by atoms with van der Waals surface area (Å²) in [7, 11) is 1.65. The zero-order valence-corrected chi connectivity index (χ0v) is 16.0. The van der Waals surface area contributed by atoms with Crippen LogP contribution in [0.3, 0.4) is 0 Å². The first kappa shape index (κ1) is 18.5. The summed E-state index contributed by atoms with van der Waals surface area (Å²) in [5.41, 5.74) is 0.371. The van der Waals surface area contributed by atoms with Crippen molar-refractivity contribution in [2.75, 3.05) is 13.7 Å². The molecule has 28 heavy (non-hydrogen) atoms. The largest absolute Gasteiger partial charge is 0.379 e. The minimum atomic E-state index is -1.11. The van der Waals surface area contributed by atoms with Gasteiger partial charge in [-0.15, -0.1) is 5.10 Å². The topological polar surface area (TPSA) is 102 Å². The van der Waals surface area contributed by atoms with Crippen molar-refractivity contribution in [2.24, 2.45) is 5.92 Å². The van der Waals surface area contributed by atoms with Crippen LogP contribution in [0.1, 0.15) is 38.2 Å². The molecule has 9 nitrogen and oxygen atoms in total. The third kappa shape index (κ3) is 3.15. The second-order valence-electron chi connectivity index (χ2n) is 7.59. The van der Waals surface area contributed by atoms with Crippen molar-refractivity contribution in [3.8, 4) is 5.69 Å². The standard InChI is InChI=1S/C19H24N6O3/c1-19(14-7-9-15(10-8-14)25-12-20-22-23-25)17(26)24(18(27)21-19)11-16(28-2)13-5-3-4-6-13/h7-10,12-13,16H,3-6,11H2,1-2H3,(H,21,27). The quantitative estimate of drug-likeness (QED) is 0.760. The number of urea groups is 1. The van der Waals surface area contributed by atoms with E-state index < -0.39 is 5.54 Å². The van der Waals surface area contributed by atoms with Gasteiger partial charge in [-0.1, -0.05) is 25.0 Å². The number of aromatic nitrogens is 4. The van der Waals surface area contributed by atoms with Crippen LogP contribution < -0.4 is 5.32 Å². The molecule has 3 amide bonds. The van der Waals surface area contributed by atoms with Crippen molar-refractivity contribution < 1.29 is 14.3 Å². The number of tetrazole rings is 1.